The second-order valence-corrected chi connectivity index (χ2v) is 5.54. The van der Waals surface area contributed by atoms with Crippen LogP contribution in [-0.2, 0) is 0 Å². The summed E-state index contributed by atoms with van der Waals surface area (Å²) in [5.74, 6) is 7.36. The van der Waals surface area contributed by atoms with Crippen LogP contribution < -0.4 is 4.74 Å². The molecule has 0 bridgehead atoms. The van der Waals surface area contributed by atoms with Crippen molar-refractivity contribution in [1.82, 2.24) is 0 Å². The molecule has 0 aliphatic rings. The molecule has 3 aromatic rings. The van der Waals surface area contributed by atoms with E-state index in [-0.39, 0.29) is 0 Å². The maximum Gasteiger partial charge on any atom is 0.119 e. The summed E-state index contributed by atoms with van der Waals surface area (Å²) in [5, 5.41) is 2.37. The lowest BCUT2D eigenvalue weighted by atomic mass is 10.1. The van der Waals surface area contributed by atoms with Crippen molar-refractivity contribution in [2.75, 3.05) is 6.61 Å². The monoisotopic (exact) mass is 300 g/mol. The molecule has 0 saturated heterocycles. The van der Waals surface area contributed by atoms with E-state index in [9.17, 15) is 0 Å². The summed E-state index contributed by atoms with van der Waals surface area (Å²) in [6, 6.07) is 22.6. The van der Waals surface area contributed by atoms with Gasteiger partial charge in [-0.2, -0.15) is 0 Å². The summed E-state index contributed by atoms with van der Waals surface area (Å²) in [5.41, 5.74) is 2.06. The summed E-state index contributed by atoms with van der Waals surface area (Å²) in [6.45, 7) is 2.95. The molecule has 1 heteroatoms. The molecule has 0 fully saturated rings. The minimum Gasteiger partial charge on any atom is -0.494 e. The first-order chi connectivity index (χ1) is 11.3. The topological polar surface area (TPSA) is 9.23 Å². The average Bonchev–Trinajstić information content (AvgIpc) is 2.61. The Morgan fingerprint density at radius 1 is 0.783 bits per heavy atom. The van der Waals surface area contributed by atoms with Crippen LogP contribution in [0.2, 0.25) is 0 Å². The van der Waals surface area contributed by atoms with E-state index in [1.807, 2.05) is 36.4 Å². The first-order valence-corrected chi connectivity index (χ1v) is 8.09. The Balaban J connectivity index is 1.80. The summed E-state index contributed by atoms with van der Waals surface area (Å²) >= 11 is 0. The third kappa shape index (κ3) is 4.14. The molecular weight excluding hydrogens is 280 g/mol. The highest BCUT2D eigenvalue weighted by Gasteiger charge is 1.99. The van der Waals surface area contributed by atoms with Crippen molar-refractivity contribution in [2.24, 2.45) is 0 Å². The van der Waals surface area contributed by atoms with Gasteiger partial charge in [0.05, 0.1) is 6.61 Å². The fourth-order valence-electron chi connectivity index (χ4n) is 2.39. The molecule has 3 aromatic carbocycles. The number of ether oxygens (including phenoxy) is 1. The van der Waals surface area contributed by atoms with Crippen LogP contribution in [0.25, 0.3) is 10.8 Å². The molecule has 0 spiro atoms. The van der Waals surface area contributed by atoms with Gasteiger partial charge >= 0.3 is 0 Å². The van der Waals surface area contributed by atoms with E-state index in [0.717, 1.165) is 36.3 Å². The highest BCUT2D eigenvalue weighted by atomic mass is 16.5. The molecule has 0 atom stereocenters. The van der Waals surface area contributed by atoms with Gasteiger partial charge in [-0.15, -0.1) is 0 Å². The van der Waals surface area contributed by atoms with Gasteiger partial charge in [-0.1, -0.05) is 55.5 Å². The van der Waals surface area contributed by atoms with Crippen molar-refractivity contribution in [2.45, 2.75) is 19.8 Å². The van der Waals surface area contributed by atoms with Crippen molar-refractivity contribution in [3.8, 4) is 17.6 Å². The van der Waals surface area contributed by atoms with E-state index >= 15 is 0 Å². The second-order valence-electron chi connectivity index (χ2n) is 5.54. The molecular formula is C22H20O. The van der Waals surface area contributed by atoms with Gasteiger partial charge < -0.3 is 4.74 Å². The smallest absolute Gasteiger partial charge is 0.119 e. The number of unbranched alkanes of at least 4 members (excludes halogenated alkanes) is 1. The SMILES string of the molecule is CCCCOc1ccc2cc(C#Cc3ccccc3)ccc2c1. The summed E-state index contributed by atoms with van der Waals surface area (Å²) in [4.78, 5) is 0. The van der Waals surface area contributed by atoms with Crippen molar-refractivity contribution in [3.63, 3.8) is 0 Å². The van der Waals surface area contributed by atoms with Gasteiger partial charge in [0.1, 0.15) is 5.75 Å². The van der Waals surface area contributed by atoms with Gasteiger partial charge in [-0.25, -0.2) is 0 Å². The molecule has 114 valence electrons. The van der Waals surface area contributed by atoms with E-state index in [1.54, 1.807) is 0 Å². The maximum atomic E-state index is 5.76. The van der Waals surface area contributed by atoms with E-state index in [1.165, 1.54) is 10.8 Å². The fourth-order valence-corrected chi connectivity index (χ4v) is 2.39. The third-order valence-corrected chi connectivity index (χ3v) is 3.70. The van der Waals surface area contributed by atoms with Gasteiger partial charge in [0.2, 0.25) is 0 Å². The molecule has 0 unspecified atom stereocenters. The molecule has 1 nitrogen and oxygen atoms in total. The average molecular weight is 300 g/mol. The predicted molar refractivity (Wildman–Crippen MR) is 96.8 cm³/mol. The minimum atomic E-state index is 0.780. The second kappa shape index (κ2) is 7.51. The third-order valence-electron chi connectivity index (χ3n) is 3.70. The number of hydrogen-bond acceptors (Lipinski definition) is 1. The van der Waals surface area contributed by atoms with Crippen molar-refractivity contribution < 1.29 is 4.74 Å². The Morgan fingerprint density at radius 3 is 2.35 bits per heavy atom. The quantitative estimate of drug-likeness (QED) is 0.462. The molecule has 0 saturated carbocycles. The van der Waals surface area contributed by atoms with E-state index < -0.39 is 0 Å². The maximum absolute atomic E-state index is 5.76. The van der Waals surface area contributed by atoms with Crippen LogP contribution in [0.15, 0.2) is 66.7 Å². The Hall–Kier alpha value is -2.72. The standard InChI is InChI=1S/C22H20O/c1-2-3-15-23-22-14-13-20-16-19(11-12-21(20)17-22)10-9-18-7-5-4-6-8-18/h4-8,11-14,16-17H,2-3,15H2,1H3. The normalized spacial score (nSPS) is 10.1. The van der Waals surface area contributed by atoms with Crippen LogP contribution in [-0.4, -0.2) is 6.61 Å². The van der Waals surface area contributed by atoms with E-state index in [0.29, 0.717) is 0 Å². The minimum absolute atomic E-state index is 0.780. The Labute approximate surface area is 137 Å². The molecule has 0 radical (unpaired) electrons. The molecule has 0 aromatic heterocycles. The van der Waals surface area contributed by atoms with E-state index in [4.69, 9.17) is 4.74 Å². The van der Waals surface area contributed by atoms with Crippen LogP contribution in [0, 0.1) is 11.8 Å². The molecule has 3 rings (SSSR count). The lowest BCUT2D eigenvalue weighted by molar-refractivity contribution is 0.310. The van der Waals surface area contributed by atoms with Gasteiger partial charge in [0.15, 0.2) is 0 Å². The van der Waals surface area contributed by atoms with Crippen LogP contribution in [0.4, 0.5) is 0 Å². The number of rotatable bonds is 4. The first-order valence-electron chi connectivity index (χ1n) is 8.09. The fraction of sp³-hybridized carbons (Fsp3) is 0.182. The predicted octanol–water partition coefficient (Wildman–Crippen LogP) is 5.42. The van der Waals surface area contributed by atoms with Crippen molar-refractivity contribution >= 4 is 10.8 Å². The zero-order valence-electron chi connectivity index (χ0n) is 13.4. The summed E-state index contributed by atoms with van der Waals surface area (Å²) in [6.07, 6.45) is 2.24. The van der Waals surface area contributed by atoms with Crippen LogP contribution in [0.1, 0.15) is 30.9 Å². The zero-order chi connectivity index (χ0) is 15.9. The van der Waals surface area contributed by atoms with Crippen molar-refractivity contribution in [3.05, 3.63) is 77.9 Å². The van der Waals surface area contributed by atoms with Crippen LogP contribution in [0.5, 0.6) is 5.75 Å². The van der Waals surface area contributed by atoms with Gasteiger partial charge in [-0.05, 0) is 53.6 Å². The highest BCUT2D eigenvalue weighted by molar-refractivity contribution is 5.85. The summed E-state index contributed by atoms with van der Waals surface area (Å²) < 4.78 is 5.76. The first kappa shape index (κ1) is 15.2. The molecule has 0 aliphatic heterocycles. The highest BCUT2D eigenvalue weighted by Crippen LogP contribution is 2.22. The molecule has 0 amide bonds. The lowest BCUT2D eigenvalue weighted by Crippen LogP contribution is -1.96. The largest absolute Gasteiger partial charge is 0.494 e. The number of hydrogen-bond donors (Lipinski definition) is 0. The lowest BCUT2D eigenvalue weighted by Gasteiger charge is -2.06. The molecule has 0 heterocycles. The molecule has 23 heavy (non-hydrogen) atoms. The van der Waals surface area contributed by atoms with Crippen molar-refractivity contribution in [1.29, 1.82) is 0 Å². The number of fused-ring (bicyclic) bond motifs is 1. The Kier molecular flexibility index (Phi) is 4.96. The van der Waals surface area contributed by atoms with E-state index in [2.05, 4.69) is 49.1 Å². The Bertz CT molecular complexity index is 838. The van der Waals surface area contributed by atoms with Crippen LogP contribution in [0.3, 0.4) is 0 Å². The van der Waals surface area contributed by atoms with Gasteiger partial charge in [0.25, 0.3) is 0 Å². The molecule has 0 N–H and O–H groups in total. The zero-order valence-corrected chi connectivity index (χ0v) is 13.4. The molecule has 0 aliphatic carbocycles. The summed E-state index contributed by atoms with van der Waals surface area (Å²) in [7, 11) is 0. The number of benzene rings is 3. The van der Waals surface area contributed by atoms with Crippen LogP contribution >= 0.6 is 0 Å². The Morgan fingerprint density at radius 2 is 1.52 bits per heavy atom. The van der Waals surface area contributed by atoms with Gasteiger partial charge in [0, 0.05) is 11.1 Å². The van der Waals surface area contributed by atoms with Gasteiger partial charge in [-0.3, -0.25) is 0 Å².